The summed E-state index contributed by atoms with van der Waals surface area (Å²) in [6, 6.07) is 13.3. The number of phenolic OH excluding ortho intramolecular Hbond substituents is 1. The third-order valence-corrected chi connectivity index (χ3v) is 1.73. The number of fused-ring (bicyclic) bond motifs is 1. The summed E-state index contributed by atoms with van der Waals surface area (Å²) in [6.45, 7) is 0. The molecule has 13 heavy (non-hydrogen) atoms. The Labute approximate surface area is 122 Å². The maximum Gasteiger partial charge on any atom is 0.116 e. The molecule has 0 saturated carbocycles. The third-order valence-electron chi connectivity index (χ3n) is 1.73. The summed E-state index contributed by atoms with van der Waals surface area (Å²) in [5.41, 5.74) is 0. The molecule has 0 amide bonds. The molecule has 0 fully saturated rings. The van der Waals surface area contributed by atoms with Crippen LogP contribution in [0.3, 0.4) is 0 Å². The van der Waals surface area contributed by atoms with Gasteiger partial charge < -0.3 is 5.11 Å². The van der Waals surface area contributed by atoms with Crippen LogP contribution in [0.25, 0.3) is 10.8 Å². The van der Waals surface area contributed by atoms with Gasteiger partial charge in [0.15, 0.2) is 0 Å². The Balaban J connectivity index is 0.000000720. The SMILES string of the molecule is Oc1ccc2ccccc2c1.[Na].[Na]. The Kier molecular flexibility index (Phi) is 6.31. The summed E-state index contributed by atoms with van der Waals surface area (Å²) in [5.74, 6) is 0.323. The number of benzene rings is 2. The van der Waals surface area contributed by atoms with E-state index in [1.807, 2.05) is 30.3 Å². The summed E-state index contributed by atoms with van der Waals surface area (Å²) >= 11 is 0. The molecule has 1 nitrogen and oxygen atoms in total. The van der Waals surface area contributed by atoms with Crippen molar-refractivity contribution in [2.45, 2.75) is 0 Å². The van der Waals surface area contributed by atoms with Gasteiger partial charge in [0.25, 0.3) is 0 Å². The molecule has 0 aromatic heterocycles. The number of hydrogen-bond acceptors (Lipinski definition) is 1. The van der Waals surface area contributed by atoms with Gasteiger partial charge in [-0.3, -0.25) is 0 Å². The molecule has 0 atom stereocenters. The topological polar surface area (TPSA) is 20.2 Å². The smallest absolute Gasteiger partial charge is 0.116 e. The second-order valence-electron chi connectivity index (χ2n) is 2.53. The van der Waals surface area contributed by atoms with E-state index in [2.05, 4.69) is 0 Å². The molecule has 0 bridgehead atoms. The predicted octanol–water partition coefficient (Wildman–Crippen LogP) is 1.78. The fourth-order valence-corrected chi connectivity index (χ4v) is 1.18. The molecule has 0 aliphatic carbocycles. The van der Waals surface area contributed by atoms with E-state index in [0.29, 0.717) is 5.75 Å². The van der Waals surface area contributed by atoms with E-state index in [-0.39, 0.29) is 59.1 Å². The van der Waals surface area contributed by atoms with E-state index in [1.165, 1.54) is 0 Å². The molecule has 3 heteroatoms. The van der Waals surface area contributed by atoms with Gasteiger partial charge in [-0.25, -0.2) is 0 Å². The van der Waals surface area contributed by atoms with Gasteiger partial charge >= 0.3 is 0 Å². The molecule has 0 spiro atoms. The first kappa shape index (κ1) is 13.5. The first-order chi connectivity index (χ1) is 5.36. The van der Waals surface area contributed by atoms with Crippen LogP contribution in [0.5, 0.6) is 5.75 Å². The van der Waals surface area contributed by atoms with Crippen molar-refractivity contribution < 1.29 is 5.11 Å². The van der Waals surface area contributed by atoms with Crippen molar-refractivity contribution in [2.75, 3.05) is 0 Å². The van der Waals surface area contributed by atoms with Gasteiger partial charge in [0.1, 0.15) is 5.75 Å². The summed E-state index contributed by atoms with van der Waals surface area (Å²) in [5, 5.41) is 11.4. The molecule has 2 aromatic rings. The zero-order valence-electron chi connectivity index (χ0n) is 7.99. The minimum atomic E-state index is 0. The van der Waals surface area contributed by atoms with Crippen molar-refractivity contribution >= 4 is 69.9 Å². The first-order valence-corrected chi connectivity index (χ1v) is 3.54. The molecule has 2 radical (unpaired) electrons. The van der Waals surface area contributed by atoms with Crippen molar-refractivity contribution in [3.8, 4) is 5.75 Å². The standard InChI is InChI=1S/C10H8O.2Na/c11-10-6-5-8-3-1-2-4-9(8)7-10;;/h1-7,11H;;. The van der Waals surface area contributed by atoms with Crippen molar-refractivity contribution in [3.63, 3.8) is 0 Å². The van der Waals surface area contributed by atoms with E-state index in [0.717, 1.165) is 10.8 Å². The summed E-state index contributed by atoms with van der Waals surface area (Å²) in [4.78, 5) is 0. The summed E-state index contributed by atoms with van der Waals surface area (Å²) in [7, 11) is 0. The fraction of sp³-hybridized carbons (Fsp3) is 0. The molecular formula is C10H8Na2O. The second-order valence-corrected chi connectivity index (χ2v) is 2.53. The van der Waals surface area contributed by atoms with Crippen LogP contribution in [0.15, 0.2) is 42.5 Å². The molecule has 0 aliphatic heterocycles. The van der Waals surface area contributed by atoms with Crippen LogP contribution in [-0.2, 0) is 0 Å². The summed E-state index contributed by atoms with van der Waals surface area (Å²) in [6.07, 6.45) is 0. The van der Waals surface area contributed by atoms with Crippen LogP contribution < -0.4 is 0 Å². The maximum atomic E-state index is 9.13. The van der Waals surface area contributed by atoms with Crippen LogP contribution in [0, 0.1) is 0 Å². The maximum absolute atomic E-state index is 9.13. The van der Waals surface area contributed by atoms with E-state index in [4.69, 9.17) is 5.11 Å². The Morgan fingerprint density at radius 2 is 1.38 bits per heavy atom. The Bertz CT molecular complexity index is 387. The molecular weight excluding hydrogens is 182 g/mol. The van der Waals surface area contributed by atoms with Crippen LogP contribution >= 0.6 is 0 Å². The second kappa shape index (κ2) is 6.07. The Morgan fingerprint density at radius 3 is 2.08 bits per heavy atom. The zero-order chi connectivity index (χ0) is 7.68. The minimum absolute atomic E-state index is 0. The molecule has 0 saturated heterocycles. The van der Waals surface area contributed by atoms with E-state index >= 15 is 0 Å². The molecule has 0 unspecified atom stereocenters. The van der Waals surface area contributed by atoms with Crippen LogP contribution in [0.2, 0.25) is 0 Å². The number of hydrogen-bond donors (Lipinski definition) is 1. The van der Waals surface area contributed by atoms with E-state index in [9.17, 15) is 0 Å². The number of phenols is 1. The monoisotopic (exact) mass is 190 g/mol. The Morgan fingerprint density at radius 1 is 0.769 bits per heavy atom. The molecule has 2 aromatic carbocycles. The predicted molar refractivity (Wildman–Crippen MR) is 57.1 cm³/mol. The average molecular weight is 190 g/mol. The first-order valence-electron chi connectivity index (χ1n) is 3.54. The molecule has 1 N–H and O–H groups in total. The quantitative estimate of drug-likeness (QED) is 0.628. The average Bonchev–Trinajstić information content (AvgIpc) is 2.04. The fourth-order valence-electron chi connectivity index (χ4n) is 1.18. The minimum Gasteiger partial charge on any atom is -0.508 e. The van der Waals surface area contributed by atoms with Gasteiger partial charge in [-0.2, -0.15) is 0 Å². The number of rotatable bonds is 0. The molecule has 2 rings (SSSR count). The Hall–Kier alpha value is 0.500. The summed E-state index contributed by atoms with van der Waals surface area (Å²) < 4.78 is 0. The van der Waals surface area contributed by atoms with Gasteiger partial charge in [-0.05, 0) is 22.9 Å². The third kappa shape index (κ3) is 3.28. The van der Waals surface area contributed by atoms with Gasteiger partial charge in [0, 0.05) is 59.1 Å². The van der Waals surface area contributed by atoms with Crippen molar-refractivity contribution in [1.82, 2.24) is 0 Å². The van der Waals surface area contributed by atoms with Crippen LogP contribution in [0.4, 0.5) is 0 Å². The van der Waals surface area contributed by atoms with Gasteiger partial charge in [-0.1, -0.05) is 30.3 Å². The van der Waals surface area contributed by atoms with Gasteiger partial charge in [-0.15, -0.1) is 0 Å². The molecule has 0 heterocycles. The van der Waals surface area contributed by atoms with E-state index < -0.39 is 0 Å². The molecule has 56 valence electrons. The van der Waals surface area contributed by atoms with Gasteiger partial charge in [0.2, 0.25) is 0 Å². The van der Waals surface area contributed by atoms with Crippen molar-refractivity contribution in [1.29, 1.82) is 0 Å². The van der Waals surface area contributed by atoms with Crippen LogP contribution in [0.1, 0.15) is 0 Å². The van der Waals surface area contributed by atoms with Crippen LogP contribution in [-0.4, -0.2) is 64.2 Å². The largest absolute Gasteiger partial charge is 0.508 e. The number of aromatic hydroxyl groups is 1. The van der Waals surface area contributed by atoms with Gasteiger partial charge in [0.05, 0.1) is 0 Å². The van der Waals surface area contributed by atoms with E-state index in [1.54, 1.807) is 12.1 Å². The van der Waals surface area contributed by atoms with Crippen molar-refractivity contribution in [2.24, 2.45) is 0 Å². The normalized spacial score (nSPS) is 8.62. The molecule has 0 aliphatic rings. The zero-order valence-corrected chi connectivity index (χ0v) is 12.0. The van der Waals surface area contributed by atoms with Crippen molar-refractivity contribution in [3.05, 3.63) is 42.5 Å².